The number of nitrogens with zero attached hydrogens (tertiary/aromatic N) is 6. The van der Waals surface area contributed by atoms with Crippen LogP contribution in [-0.4, -0.2) is 52.8 Å². The van der Waals surface area contributed by atoms with Crippen molar-refractivity contribution in [2.24, 2.45) is 0 Å². The molecule has 8 nitrogen and oxygen atoms in total. The molecule has 4 heterocycles. The molecule has 2 N–H and O–H groups in total. The molecule has 1 saturated heterocycles. The van der Waals surface area contributed by atoms with Gasteiger partial charge in [-0.25, -0.2) is 15.0 Å². The van der Waals surface area contributed by atoms with Crippen molar-refractivity contribution < 1.29 is 4.74 Å². The average molecular weight is 389 g/mol. The van der Waals surface area contributed by atoms with Gasteiger partial charge in [-0.1, -0.05) is 30.3 Å². The van der Waals surface area contributed by atoms with E-state index in [0.717, 1.165) is 61.2 Å². The van der Waals surface area contributed by atoms with Crippen LogP contribution >= 0.6 is 0 Å². The molecule has 148 valence electrons. The van der Waals surface area contributed by atoms with Crippen molar-refractivity contribution in [3.63, 3.8) is 0 Å². The van der Waals surface area contributed by atoms with Crippen LogP contribution in [-0.2, 0) is 17.7 Å². The largest absolute Gasteiger partial charge is 0.378 e. The molecule has 5 rings (SSSR count). The summed E-state index contributed by atoms with van der Waals surface area (Å²) in [4.78, 5) is 22.8. The summed E-state index contributed by atoms with van der Waals surface area (Å²) in [5.74, 6) is 1.99. The van der Waals surface area contributed by atoms with Gasteiger partial charge in [-0.05, 0) is 12.0 Å². The lowest BCUT2D eigenvalue weighted by Gasteiger charge is -2.28. The molecule has 0 atom stereocenters. The first-order valence-electron chi connectivity index (χ1n) is 9.88. The summed E-state index contributed by atoms with van der Waals surface area (Å²) < 4.78 is 5.50. The van der Waals surface area contributed by atoms with Gasteiger partial charge in [-0.2, -0.15) is 4.98 Å². The van der Waals surface area contributed by atoms with E-state index < -0.39 is 0 Å². The molecule has 0 amide bonds. The number of benzene rings is 1. The number of morpholine rings is 1. The summed E-state index contributed by atoms with van der Waals surface area (Å²) in [6, 6.07) is 10.5. The summed E-state index contributed by atoms with van der Waals surface area (Å²) in [6.07, 6.45) is 4.38. The van der Waals surface area contributed by atoms with Crippen molar-refractivity contribution in [1.29, 1.82) is 0 Å². The highest BCUT2D eigenvalue weighted by atomic mass is 16.5. The number of nitrogen functional groups attached to an aromatic ring is 1. The van der Waals surface area contributed by atoms with Gasteiger partial charge in [0.2, 0.25) is 11.9 Å². The van der Waals surface area contributed by atoms with Crippen molar-refractivity contribution in [3.8, 4) is 11.3 Å². The second-order valence-electron chi connectivity index (χ2n) is 7.26. The second kappa shape index (κ2) is 7.63. The number of nitrogens with two attached hydrogens (primary N) is 1. The van der Waals surface area contributed by atoms with Crippen LogP contribution in [0.15, 0.2) is 42.7 Å². The predicted molar refractivity (Wildman–Crippen MR) is 112 cm³/mol. The average Bonchev–Trinajstić information content (AvgIpc) is 3.18. The molecule has 2 aliphatic heterocycles. The Morgan fingerprint density at radius 2 is 1.72 bits per heavy atom. The van der Waals surface area contributed by atoms with Crippen molar-refractivity contribution in [3.05, 3.63) is 53.9 Å². The van der Waals surface area contributed by atoms with Crippen LogP contribution in [0.1, 0.15) is 11.1 Å². The monoisotopic (exact) mass is 389 g/mol. The van der Waals surface area contributed by atoms with Gasteiger partial charge in [0, 0.05) is 49.7 Å². The van der Waals surface area contributed by atoms with Crippen LogP contribution in [0.4, 0.5) is 17.7 Å². The normalized spacial score (nSPS) is 16.1. The molecule has 1 aromatic carbocycles. The van der Waals surface area contributed by atoms with Crippen molar-refractivity contribution in [2.45, 2.75) is 13.0 Å². The molecule has 8 heteroatoms. The Kier molecular flexibility index (Phi) is 4.69. The van der Waals surface area contributed by atoms with Crippen LogP contribution < -0.4 is 15.5 Å². The van der Waals surface area contributed by atoms with Crippen LogP contribution in [0, 0.1) is 0 Å². The zero-order valence-corrected chi connectivity index (χ0v) is 16.2. The van der Waals surface area contributed by atoms with Crippen LogP contribution in [0.2, 0.25) is 0 Å². The van der Waals surface area contributed by atoms with E-state index in [2.05, 4.69) is 44.0 Å². The SMILES string of the molecule is Nc1ncc(-c2nc(N3CCOCC3)nc3c2CCN3Cc2ccccc2)cn1. The fourth-order valence-electron chi connectivity index (χ4n) is 3.87. The predicted octanol–water partition coefficient (Wildman–Crippen LogP) is 1.92. The van der Waals surface area contributed by atoms with Crippen molar-refractivity contribution in [2.75, 3.05) is 48.4 Å². The van der Waals surface area contributed by atoms with Crippen molar-refractivity contribution >= 4 is 17.7 Å². The summed E-state index contributed by atoms with van der Waals surface area (Å²) >= 11 is 0. The third-order valence-electron chi connectivity index (χ3n) is 5.36. The number of anilines is 3. The highest BCUT2D eigenvalue weighted by Gasteiger charge is 2.28. The number of hydrogen-bond acceptors (Lipinski definition) is 8. The molecular formula is C21H23N7O. The Bertz CT molecular complexity index is 988. The Labute approximate surface area is 169 Å². The van der Waals surface area contributed by atoms with E-state index in [1.165, 1.54) is 5.56 Å². The second-order valence-corrected chi connectivity index (χ2v) is 7.26. The summed E-state index contributed by atoms with van der Waals surface area (Å²) in [5.41, 5.74) is 9.86. The minimum Gasteiger partial charge on any atom is -0.378 e. The Balaban J connectivity index is 1.57. The van der Waals surface area contributed by atoms with Gasteiger partial charge >= 0.3 is 0 Å². The highest BCUT2D eigenvalue weighted by Crippen LogP contribution is 2.36. The maximum atomic E-state index is 5.69. The molecule has 29 heavy (non-hydrogen) atoms. The standard InChI is InChI=1S/C21H23N7O/c22-20-23-12-16(13-24-20)18-17-6-7-28(14-15-4-2-1-3-5-15)19(17)26-21(25-18)27-8-10-29-11-9-27/h1-5,12-13H,6-11,14H2,(H2,22,23,24). The summed E-state index contributed by atoms with van der Waals surface area (Å²) in [6.45, 7) is 4.69. The molecular weight excluding hydrogens is 366 g/mol. The summed E-state index contributed by atoms with van der Waals surface area (Å²) in [5, 5.41) is 0. The third-order valence-corrected chi connectivity index (χ3v) is 5.36. The van der Waals surface area contributed by atoms with E-state index in [0.29, 0.717) is 13.2 Å². The first-order valence-corrected chi connectivity index (χ1v) is 9.88. The molecule has 0 aliphatic carbocycles. The van der Waals surface area contributed by atoms with E-state index in [9.17, 15) is 0 Å². The lowest BCUT2D eigenvalue weighted by atomic mass is 10.1. The lowest BCUT2D eigenvalue weighted by Crippen LogP contribution is -2.37. The van der Waals surface area contributed by atoms with Crippen LogP contribution in [0.3, 0.4) is 0 Å². The fraction of sp³-hybridized carbons (Fsp3) is 0.333. The van der Waals surface area contributed by atoms with E-state index in [4.69, 9.17) is 20.4 Å². The Morgan fingerprint density at radius 3 is 2.48 bits per heavy atom. The van der Waals surface area contributed by atoms with Gasteiger partial charge in [0.15, 0.2) is 0 Å². The molecule has 0 bridgehead atoms. The molecule has 0 saturated carbocycles. The Hall–Kier alpha value is -3.26. The number of hydrogen-bond donors (Lipinski definition) is 1. The maximum Gasteiger partial charge on any atom is 0.228 e. The minimum atomic E-state index is 0.263. The lowest BCUT2D eigenvalue weighted by molar-refractivity contribution is 0.122. The molecule has 2 aromatic heterocycles. The minimum absolute atomic E-state index is 0.263. The summed E-state index contributed by atoms with van der Waals surface area (Å²) in [7, 11) is 0. The quantitative estimate of drug-likeness (QED) is 0.723. The zero-order valence-electron chi connectivity index (χ0n) is 16.2. The van der Waals surface area contributed by atoms with E-state index in [-0.39, 0.29) is 5.95 Å². The number of rotatable bonds is 4. The first kappa shape index (κ1) is 17.8. The highest BCUT2D eigenvalue weighted by molar-refractivity contribution is 5.72. The van der Waals surface area contributed by atoms with Gasteiger partial charge in [-0.3, -0.25) is 0 Å². The maximum absolute atomic E-state index is 5.69. The molecule has 0 radical (unpaired) electrons. The van der Waals surface area contributed by atoms with Crippen LogP contribution in [0.25, 0.3) is 11.3 Å². The van der Waals surface area contributed by atoms with E-state index in [1.54, 1.807) is 12.4 Å². The van der Waals surface area contributed by atoms with E-state index >= 15 is 0 Å². The number of fused-ring (bicyclic) bond motifs is 1. The number of ether oxygens (including phenoxy) is 1. The molecule has 0 spiro atoms. The first-order chi connectivity index (χ1) is 14.3. The Morgan fingerprint density at radius 1 is 0.966 bits per heavy atom. The zero-order chi connectivity index (χ0) is 19.6. The smallest absolute Gasteiger partial charge is 0.228 e. The van der Waals surface area contributed by atoms with Gasteiger partial charge < -0.3 is 20.3 Å². The van der Waals surface area contributed by atoms with Crippen LogP contribution in [0.5, 0.6) is 0 Å². The van der Waals surface area contributed by atoms with Gasteiger partial charge in [0.05, 0.1) is 18.9 Å². The molecule has 2 aliphatic rings. The molecule has 1 fully saturated rings. The molecule has 0 unspecified atom stereocenters. The molecule has 3 aromatic rings. The van der Waals surface area contributed by atoms with Gasteiger partial charge in [-0.15, -0.1) is 0 Å². The fourth-order valence-corrected chi connectivity index (χ4v) is 3.87. The van der Waals surface area contributed by atoms with Gasteiger partial charge in [0.25, 0.3) is 0 Å². The topological polar surface area (TPSA) is 93.3 Å². The van der Waals surface area contributed by atoms with E-state index in [1.807, 2.05) is 6.07 Å². The van der Waals surface area contributed by atoms with Crippen molar-refractivity contribution in [1.82, 2.24) is 19.9 Å². The van der Waals surface area contributed by atoms with Gasteiger partial charge in [0.1, 0.15) is 5.82 Å². The third kappa shape index (κ3) is 3.58. The number of aromatic nitrogens is 4.